The third-order valence-corrected chi connectivity index (χ3v) is 4.64. The maximum atomic E-state index is 11.7. The summed E-state index contributed by atoms with van der Waals surface area (Å²) in [5.41, 5.74) is 0. The van der Waals surface area contributed by atoms with Gasteiger partial charge in [0.15, 0.2) is 9.84 Å². The molecular weight excluding hydrogens is 254 g/mol. The lowest BCUT2D eigenvalue weighted by Crippen LogP contribution is -2.36. The van der Waals surface area contributed by atoms with Crippen molar-refractivity contribution in [2.24, 2.45) is 0 Å². The molecule has 0 aromatic carbocycles. The van der Waals surface area contributed by atoms with Crippen LogP contribution in [0.5, 0.6) is 0 Å². The topological polar surface area (TPSA) is 63.7 Å². The summed E-state index contributed by atoms with van der Waals surface area (Å²) in [5.74, 6) is -0.306. The van der Waals surface area contributed by atoms with Crippen LogP contribution in [0.25, 0.3) is 0 Å². The van der Waals surface area contributed by atoms with Crippen LogP contribution < -0.4 is 0 Å². The standard InChI is InChI=1S/C12H23NO4S/c1-5-7-13(10-12(14)17-6-2)8-9-18(15,16)11(3)4/h5,11H,1,6-10H2,2-4H3. The molecule has 0 amide bonds. The van der Waals surface area contributed by atoms with E-state index in [0.717, 1.165) is 0 Å². The van der Waals surface area contributed by atoms with Crippen LogP contribution in [-0.4, -0.2) is 56.5 Å². The number of sulfone groups is 1. The molecule has 0 spiro atoms. The first-order valence-electron chi connectivity index (χ1n) is 6.04. The largest absolute Gasteiger partial charge is 0.465 e. The van der Waals surface area contributed by atoms with E-state index in [1.54, 1.807) is 31.7 Å². The molecule has 0 heterocycles. The number of carbonyl (C=O) groups excluding carboxylic acids is 1. The van der Waals surface area contributed by atoms with Crippen LogP contribution in [0.3, 0.4) is 0 Å². The second-order valence-electron chi connectivity index (χ2n) is 4.24. The third-order valence-electron chi connectivity index (χ3n) is 2.46. The van der Waals surface area contributed by atoms with Crippen LogP contribution in [0.15, 0.2) is 12.7 Å². The molecule has 106 valence electrons. The predicted molar refractivity (Wildman–Crippen MR) is 72.2 cm³/mol. The number of nitrogens with zero attached hydrogens (tertiary/aromatic N) is 1. The monoisotopic (exact) mass is 277 g/mol. The Bertz CT molecular complexity index is 362. The highest BCUT2D eigenvalue weighted by molar-refractivity contribution is 7.92. The van der Waals surface area contributed by atoms with Gasteiger partial charge in [-0.1, -0.05) is 6.08 Å². The van der Waals surface area contributed by atoms with E-state index in [9.17, 15) is 13.2 Å². The van der Waals surface area contributed by atoms with E-state index in [4.69, 9.17) is 4.74 Å². The van der Waals surface area contributed by atoms with E-state index in [1.807, 2.05) is 0 Å². The van der Waals surface area contributed by atoms with E-state index in [2.05, 4.69) is 6.58 Å². The molecular formula is C12H23NO4S. The van der Waals surface area contributed by atoms with Crippen molar-refractivity contribution in [3.63, 3.8) is 0 Å². The van der Waals surface area contributed by atoms with Crippen LogP contribution in [0.2, 0.25) is 0 Å². The molecule has 0 aromatic rings. The van der Waals surface area contributed by atoms with E-state index < -0.39 is 15.1 Å². The normalized spacial score (nSPS) is 11.8. The van der Waals surface area contributed by atoms with E-state index in [0.29, 0.717) is 19.7 Å². The highest BCUT2D eigenvalue weighted by Crippen LogP contribution is 2.02. The number of carbonyl (C=O) groups is 1. The minimum absolute atomic E-state index is 0.0396. The SMILES string of the molecule is C=CCN(CCS(=O)(=O)C(C)C)CC(=O)OCC. The van der Waals surface area contributed by atoms with Gasteiger partial charge in [-0.3, -0.25) is 9.69 Å². The highest BCUT2D eigenvalue weighted by atomic mass is 32.2. The summed E-state index contributed by atoms with van der Waals surface area (Å²) in [6, 6.07) is 0. The summed E-state index contributed by atoms with van der Waals surface area (Å²) >= 11 is 0. The number of hydrogen-bond donors (Lipinski definition) is 0. The van der Waals surface area contributed by atoms with Crippen molar-refractivity contribution < 1.29 is 17.9 Å². The van der Waals surface area contributed by atoms with Crippen LogP contribution >= 0.6 is 0 Å². The first kappa shape index (κ1) is 17.1. The van der Waals surface area contributed by atoms with Crippen LogP contribution in [-0.2, 0) is 19.4 Å². The summed E-state index contributed by atoms with van der Waals surface area (Å²) in [7, 11) is -3.09. The van der Waals surface area contributed by atoms with Crippen molar-refractivity contribution in [3.05, 3.63) is 12.7 Å². The quantitative estimate of drug-likeness (QED) is 0.462. The van der Waals surface area contributed by atoms with Crippen LogP contribution in [0, 0.1) is 0 Å². The van der Waals surface area contributed by atoms with Crippen molar-refractivity contribution >= 4 is 15.8 Å². The van der Waals surface area contributed by atoms with Gasteiger partial charge in [-0.2, -0.15) is 0 Å². The summed E-state index contributed by atoms with van der Waals surface area (Å²) < 4.78 is 28.2. The average Bonchev–Trinajstić information content (AvgIpc) is 2.26. The molecule has 0 unspecified atom stereocenters. The first-order valence-corrected chi connectivity index (χ1v) is 7.75. The Labute approximate surface area is 110 Å². The fourth-order valence-electron chi connectivity index (χ4n) is 1.30. The Morgan fingerprint density at radius 2 is 2.06 bits per heavy atom. The minimum Gasteiger partial charge on any atom is -0.465 e. The number of esters is 1. The van der Waals surface area contributed by atoms with Gasteiger partial charge >= 0.3 is 5.97 Å². The summed E-state index contributed by atoms with van der Waals surface area (Å²) in [5, 5.41) is -0.398. The molecule has 0 radical (unpaired) electrons. The fraction of sp³-hybridized carbons (Fsp3) is 0.750. The molecule has 0 bridgehead atoms. The summed E-state index contributed by atoms with van der Waals surface area (Å²) in [4.78, 5) is 13.1. The van der Waals surface area contributed by atoms with Crippen molar-refractivity contribution in [3.8, 4) is 0 Å². The second kappa shape index (κ2) is 8.26. The van der Waals surface area contributed by atoms with Crippen molar-refractivity contribution in [2.45, 2.75) is 26.0 Å². The van der Waals surface area contributed by atoms with Gasteiger partial charge in [0.2, 0.25) is 0 Å². The third kappa shape index (κ3) is 6.76. The molecule has 0 atom stereocenters. The molecule has 0 aliphatic rings. The van der Waals surface area contributed by atoms with Gasteiger partial charge in [0.1, 0.15) is 0 Å². The molecule has 0 aromatic heterocycles. The first-order chi connectivity index (χ1) is 8.33. The fourth-order valence-corrected chi connectivity index (χ4v) is 2.28. The van der Waals surface area contributed by atoms with Crippen molar-refractivity contribution in [1.29, 1.82) is 0 Å². The zero-order valence-corrected chi connectivity index (χ0v) is 12.2. The second-order valence-corrected chi connectivity index (χ2v) is 6.92. The minimum atomic E-state index is -3.09. The Morgan fingerprint density at radius 1 is 1.44 bits per heavy atom. The van der Waals surface area contributed by atoms with Crippen LogP contribution in [0.1, 0.15) is 20.8 Å². The smallest absolute Gasteiger partial charge is 0.320 e. The van der Waals surface area contributed by atoms with Gasteiger partial charge in [-0.15, -0.1) is 6.58 Å². The van der Waals surface area contributed by atoms with Gasteiger partial charge in [0, 0.05) is 13.1 Å². The van der Waals surface area contributed by atoms with Gasteiger partial charge in [0.05, 0.1) is 24.2 Å². The average molecular weight is 277 g/mol. The van der Waals surface area contributed by atoms with Gasteiger partial charge in [-0.05, 0) is 20.8 Å². The van der Waals surface area contributed by atoms with Crippen LogP contribution in [0.4, 0.5) is 0 Å². The predicted octanol–water partition coefficient (Wildman–Crippen LogP) is 0.861. The van der Waals surface area contributed by atoms with E-state index >= 15 is 0 Å². The van der Waals surface area contributed by atoms with Gasteiger partial charge in [-0.25, -0.2) is 8.42 Å². The maximum absolute atomic E-state index is 11.7. The molecule has 0 fully saturated rings. The Morgan fingerprint density at radius 3 is 2.50 bits per heavy atom. The van der Waals surface area contributed by atoms with Crippen molar-refractivity contribution in [1.82, 2.24) is 4.90 Å². The molecule has 18 heavy (non-hydrogen) atoms. The molecule has 5 nitrogen and oxygen atoms in total. The molecule has 0 N–H and O–H groups in total. The molecule has 0 rings (SSSR count). The Kier molecular flexibility index (Phi) is 7.86. The number of ether oxygens (including phenoxy) is 1. The Hall–Kier alpha value is -0.880. The lowest BCUT2D eigenvalue weighted by molar-refractivity contribution is -0.144. The lowest BCUT2D eigenvalue weighted by Gasteiger charge is -2.20. The van der Waals surface area contributed by atoms with E-state index in [-0.39, 0.29) is 18.3 Å². The van der Waals surface area contributed by atoms with E-state index in [1.165, 1.54) is 0 Å². The molecule has 6 heteroatoms. The Balaban J connectivity index is 4.37. The molecule has 0 aliphatic heterocycles. The lowest BCUT2D eigenvalue weighted by atomic mass is 10.4. The number of hydrogen-bond acceptors (Lipinski definition) is 5. The number of rotatable bonds is 9. The molecule has 0 aliphatic carbocycles. The zero-order chi connectivity index (χ0) is 14.2. The van der Waals surface area contributed by atoms with Gasteiger partial charge < -0.3 is 4.74 Å². The molecule has 0 saturated carbocycles. The van der Waals surface area contributed by atoms with Gasteiger partial charge in [0.25, 0.3) is 0 Å². The molecule has 0 saturated heterocycles. The summed E-state index contributed by atoms with van der Waals surface area (Å²) in [6.45, 7) is 9.82. The summed E-state index contributed by atoms with van der Waals surface area (Å²) in [6.07, 6.45) is 1.64. The maximum Gasteiger partial charge on any atom is 0.320 e. The zero-order valence-electron chi connectivity index (χ0n) is 11.4. The highest BCUT2D eigenvalue weighted by Gasteiger charge is 2.18. The van der Waals surface area contributed by atoms with Crippen molar-refractivity contribution in [2.75, 3.05) is 32.0 Å².